The summed E-state index contributed by atoms with van der Waals surface area (Å²) >= 11 is 0. The first kappa shape index (κ1) is 26.7. The number of guanidine groups is 1. The fourth-order valence-corrected chi connectivity index (χ4v) is 2.92. The molecule has 2 aromatic rings. The number of benzene rings is 2. The molecule has 0 unspecified atom stereocenters. The van der Waals surface area contributed by atoms with Crippen LogP contribution in [-0.2, 0) is 6.42 Å². The normalized spacial score (nSPS) is 10.8. The van der Waals surface area contributed by atoms with Crippen molar-refractivity contribution in [2.45, 2.75) is 26.2 Å². The van der Waals surface area contributed by atoms with E-state index in [9.17, 15) is 4.79 Å². The number of hydrogen-bond donors (Lipinski definition) is 2. The van der Waals surface area contributed by atoms with Crippen LogP contribution in [-0.4, -0.2) is 57.6 Å². The van der Waals surface area contributed by atoms with Crippen molar-refractivity contribution >= 4 is 35.8 Å². The lowest BCUT2D eigenvalue weighted by molar-refractivity contribution is 0.0827. The summed E-state index contributed by atoms with van der Waals surface area (Å²) in [5, 5.41) is 6.65. The highest BCUT2D eigenvalue weighted by Crippen LogP contribution is 2.11. The Labute approximate surface area is 203 Å². The number of aryl methyl sites for hydroxylation is 1. The standard InChI is InChI=1S/C24H34N4O2.HI/c1-19-10-12-22(13-11-19)30-17-6-5-15-26-24(25-2)27-16-14-20-8-7-9-21(18-20)23(29)28(3)4;/h7-13,18H,5-6,14-17H2,1-4H3,(H2,25,26,27);1H. The Bertz CT molecular complexity index is 823. The van der Waals surface area contributed by atoms with E-state index in [1.807, 2.05) is 36.4 Å². The van der Waals surface area contributed by atoms with E-state index in [0.29, 0.717) is 12.2 Å². The van der Waals surface area contributed by atoms with Crippen LogP contribution in [0.15, 0.2) is 53.5 Å². The Morgan fingerprint density at radius 3 is 2.42 bits per heavy atom. The van der Waals surface area contributed by atoms with E-state index < -0.39 is 0 Å². The molecule has 6 nitrogen and oxygen atoms in total. The number of ether oxygens (including phenoxy) is 1. The minimum Gasteiger partial charge on any atom is -0.494 e. The fraction of sp³-hybridized carbons (Fsp3) is 0.417. The number of unbranched alkanes of at least 4 members (excludes halogenated alkanes) is 1. The first-order chi connectivity index (χ1) is 14.5. The van der Waals surface area contributed by atoms with E-state index in [0.717, 1.165) is 49.6 Å². The van der Waals surface area contributed by atoms with Crippen LogP contribution >= 0.6 is 24.0 Å². The number of carbonyl (C=O) groups is 1. The van der Waals surface area contributed by atoms with Crippen LogP contribution in [0.5, 0.6) is 5.75 Å². The van der Waals surface area contributed by atoms with Crippen LogP contribution in [0.3, 0.4) is 0 Å². The number of halogens is 1. The average molecular weight is 538 g/mol. The van der Waals surface area contributed by atoms with Crippen molar-refractivity contribution in [3.05, 3.63) is 65.2 Å². The molecule has 0 aliphatic rings. The number of hydrogen-bond acceptors (Lipinski definition) is 3. The molecule has 2 N–H and O–H groups in total. The van der Waals surface area contributed by atoms with Crippen LogP contribution < -0.4 is 15.4 Å². The summed E-state index contributed by atoms with van der Waals surface area (Å²) in [5.74, 6) is 1.73. The van der Waals surface area contributed by atoms with Crippen molar-refractivity contribution < 1.29 is 9.53 Å². The quantitative estimate of drug-likeness (QED) is 0.209. The van der Waals surface area contributed by atoms with Gasteiger partial charge >= 0.3 is 0 Å². The van der Waals surface area contributed by atoms with Gasteiger partial charge in [-0.2, -0.15) is 0 Å². The van der Waals surface area contributed by atoms with E-state index in [4.69, 9.17) is 4.74 Å². The van der Waals surface area contributed by atoms with Gasteiger partial charge in [0.25, 0.3) is 5.91 Å². The first-order valence-electron chi connectivity index (χ1n) is 10.4. The van der Waals surface area contributed by atoms with Crippen molar-refractivity contribution in [3.8, 4) is 5.75 Å². The summed E-state index contributed by atoms with van der Waals surface area (Å²) in [6.07, 6.45) is 2.80. The van der Waals surface area contributed by atoms with E-state index >= 15 is 0 Å². The topological polar surface area (TPSA) is 66.0 Å². The zero-order chi connectivity index (χ0) is 21.8. The number of rotatable bonds is 10. The third kappa shape index (κ3) is 10.0. The maximum Gasteiger partial charge on any atom is 0.253 e. The molecule has 0 spiro atoms. The molecule has 0 saturated carbocycles. The second-order valence-corrected chi connectivity index (χ2v) is 7.44. The summed E-state index contributed by atoms with van der Waals surface area (Å²) in [4.78, 5) is 17.9. The van der Waals surface area contributed by atoms with Crippen molar-refractivity contribution in [2.75, 3.05) is 40.8 Å². The Morgan fingerprint density at radius 1 is 1.03 bits per heavy atom. The van der Waals surface area contributed by atoms with Gasteiger partial charge in [0.15, 0.2) is 5.96 Å². The predicted molar refractivity (Wildman–Crippen MR) is 139 cm³/mol. The van der Waals surface area contributed by atoms with Crippen LogP contribution in [0.4, 0.5) is 0 Å². The maximum atomic E-state index is 12.1. The largest absolute Gasteiger partial charge is 0.494 e. The first-order valence-corrected chi connectivity index (χ1v) is 10.4. The molecule has 0 aromatic heterocycles. The highest BCUT2D eigenvalue weighted by Gasteiger charge is 2.08. The molecule has 0 heterocycles. The van der Waals surface area contributed by atoms with Crippen molar-refractivity contribution in [1.82, 2.24) is 15.5 Å². The van der Waals surface area contributed by atoms with Crippen molar-refractivity contribution in [1.29, 1.82) is 0 Å². The van der Waals surface area contributed by atoms with Crippen LogP contribution in [0.1, 0.15) is 34.3 Å². The maximum absolute atomic E-state index is 12.1. The molecule has 7 heteroatoms. The molecule has 0 bridgehead atoms. The second kappa shape index (κ2) is 14.7. The minimum atomic E-state index is 0. The molecule has 2 rings (SSSR count). The van der Waals surface area contributed by atoms with Crippen molar-refractivity contribution in [2.24, 2.45) is 4.99 Å². The zero-order valence-corrected chi connectivity index (χ0v) is 21.3. The highest BCUT2D eigenvalue weighted by molar-refractivity contribution is 14.0. The number of aliphatic imine (C=N–C) groups is 1. The van der Waals surface area contributed by atoms with Gasteiger partial charge in [-0.3, -0.25) is 9.79 Å². The number of nitrogens with zero attached hydrogens (tertiary/aromatic N) is 2. The Hall–Kier alpha value is -2.29. The Balaban J connectivity index is 0.00000480. The molecule has 31 heavy (non-hydrogen) atoms. The van der Waals surface area contributed by atoms with Crippen LogP contribution in [0.2, 0.25) is 0 Å². The van der Waals surface area contributed by atoms with Crippen LogP contribution in [0, 0.1) is 6.92 Å². The SMILES string of the molecule is CN=C(NCCCCOc1ccc(C)cc1)NCCc1cccc(C(=O)N(C)C)c1.I. The van der Waals surface area contributed by atoms with Gasteiger partial charge < -0.3 is 20.3 Å². The van der Waals surface area contributed by atoms with Gasteiger partial charge in [0.1, 0.15) is 5.75 Å². The van der Waals surface area contributed by atoms with Gasteiger partial charge in [-0.15, -0.1) is 24.0 Å². The van der Waals surface area contributed by atoms with Gasteiger partial charge in [0, 0.05) is 39.8 Å². The predicted octanol–water partition coefficient (Wildman–Crippen LogP) is 3.88. The second-order valence-electron chi connectivity index (χ2n) is 7.44. The summed E-state index contributed by atoms with van der Waals surface area (Å²) < 4.78 is 5.75. The van der Waals surface area contributed by atoms with E-state index in [1.54, 1.807) is 26.0 Å². The van der Waals surface area contributed by atoms with Crippen molar-refractivity contribution in [3.63, 3.8) is 0 Å². The summed E-state index contributed by atoms with van der Waals surface area (Å²) in [5.41, 5.74) is 3.08. The smallest absolute Gasteiger partial charge is 0.253 e. The van der Waals surface area contributed by atoms with Gasteiger partial charge in [0.05, 0.1) is 6.61 Å². The zero-order valence-electron chi connectivity index (χ0n) is 19.0. The lowest BCUT2D eigenvalue weighted by Gasteiger charge is -2.13. The highest BCUT2D eigenvalue weighted by atomic mass is 127. The van der Waals surface area contributed by atoms with Crippen LogP contribution in [0.25, 0.3) is 0 Å². The molecule has 0 fully saturated rings. The molecular formula is C24H35IN4O2. The molecule has 0 radical (unpaired) electrons. The molecule has 0 atom stereocenters. The molecule has 0 aliphatic heterocycles. The molecule has 2 aromatic carbocycles. The lowest BCUT2D eigenvalue weighted by Crippen LogP contribution is -2.38. The summed E-state index contributed by atoms with van der Waals surface area (Å²) in [6, 6.07) is 15.9. The average Bonchev–Trinajstić information content (AvgIpc) is 2.75. The molecule has 0 aliphatic carbocycles. The van der Waals surface area contributed by atoms with Gasteiger partial charge in [-0.25, -0.2) is 0 Å². The monoisotopic (exact) mass is 538 g/mol. The van der Waals surface area contributed by atoms with Gasteiger partial charge in [-0.05, 0) is 56.0 Å². The van der Waals surface area contributed by atoms with E-state index in [2.05, 4.69) is 34.7 Å². The Morgan fingerprint density at radius 2 is 1.74 bits per heavy atom. The molecule has 0 saturated heterocycles. The van der Waals surface area contributed by atoms with E-state index in [1.165, 1.54) is 5.56 Å². The number of carbonyl (C=O) groups excluding carboxylic acids is 1. The van der Waals surface area contributed by atoms with E-state index in [-0.39, 0.29) is 29.9 Å². The summed E-state index contributed by atoms with van der Waals surface area (Å²) in [6.45, 7) is 4.36. The van der Waals surface area contributed by atoms with Gasteiger partial charge in [-0.1, -0.05) is 29.8 Å². The number of nitrogens with one attached hydrogen (secondary N) is 2. The third-order valence-electron chi connectivity index (χ3n) is 4.66. The minimum absolute atomic E-state index is 0. The third-order valence-corrected chi connectivity index (χ3v) is 4.66. The molecule has 1 amide bonds. The molecular weight excluding hydrogens is 503 g/mol. The lowest BCUT2D eigenvalue weighted by atomic mass is 10.1. The molecule has 170 valence electrons. The Kier molecular flexibility index (Phi) is 12.7. The number of amides is 1. The fourth-order valence-electron chi connectivity index (χ4n) is 2.92. The van der Waals surface area contributed by atoms with Gasteiger partial charge in [0.2, 0.25) is 0 Å². The summed E-state index contributed by atoms with van der Waals surface area (Å²) in [7, 11) is 5.30.